The molecule has 1 fully saturated rings. The van der Waals surface area contributed by atoms with E-state index in [0.717, 1.165) is 19.6 Å². The van der Waals surface area contributed by atoms with Crippen molar-refractivity contribution in [1.29, 1.82) is 0 Å². The molecule has 1 aliphatic heterocycles. The van der Waals surface area contributed by atoms with Gasteiger partial charge in [-0.15, -0.1) is 0 Å². The third-order valence-corrected chi connectivity index (χ3v) is 5.15. The first-order chi connectivity index (χ1) is 12.8. The summed E-state index contributed by atoms with van der Waals surface area (Å²) < 4.78 is 0. The van der Waals surface area contributed by atoms with Gasteiger partial charge in [0.2, 0.25) is 0 Å². The number of hydrogen-bond acceptors (Lipinski definition) is 2. The molecule has 0 aromatic heterocycles. The predicted octanol–water partition coefficient (Wildman–Crippen LogP) is 5.04. The Labute approximate surface area is 158 Å². The van der Waals surface area contributed by atoms with E-state index in [2.05, 4.69) is 78.2 Å². The van der Waals surface area contributed by atoms with Gasteiger partial charge < -0.3 is 10.6 Å². The molecule has 0 aliphatic carbocycles. The van der Waals surface area contributed by atoms with Gasteiger partial charge in [-0.1, -0.05) is 74.0 Å². The number of unbranched alkanes of at least 4 members (excludes halogenated alkanes) is 1. The van der Waals surface area contributed by atoms with Gasteiger partial charge in [-0.3, -0.25) is 0 Å². The Morgan fingerprint density at radius 1 is 0.962 bits per heavy atom. The van der Waals surface area contributed by atoms with Crippen LogP contribution in [0.4, 0.5) is 0 Å². The van der Waals surface area contributed by atoms with Crippen LogP contribution in [0.2, 0.25) is 0 Å². The molecule has 2 N–H and O–H groups in total. The van der Waals surface area contributed by atoms with Crippen molar-refractivity contribution < 1.29 is 0 Å². The van der Waals surface area contributed by atoms with Gasteiger partial charge in [-0.2, -0.15) is 0 Å². The quantitative estimate of drug-likeness (QED) is 0.653. The molecule has 26 heavy (non-hydrogen) atoms. The number of piperidine rings is 1. The second-order valence-corrected chi connectivity index (χ2v) is 7.33. The van der Waals surface area contributed by atoms with Crippen molar-refractivity contribution in [2.45, 2.75) is 51.6 Å². The average Bonchev–Trinajstić information content (AvgIpc) is 2.71. The lowest BCUT2D eigenvalue weighted by molar-refractivity contribution is 0.386. The van der Waals surface area contributed by atoms with Gasteiger partial charge in [-0.05, 0) is 61.0 Å². The van der Waals surface area contributed by atoms with Crippen molar-refractivity contribution >= 4 is 12.2 Å². The minimum absolute atomic E-state index is 0.654. The summed E-state index contributed by atoms with van der Waals surface area (Å²) in [5, 5.41) is 7.12. The van der Waals surface area contributed by atoms with Crippen molar-refractivity contribution in [1.82, 2.24) is 10.6 Å². The molecule has 1 aliphatic rings. The molecule has 2 aromatic carbocycles. The predicted molar refractivity (Wildman–Crippen MR) is 113 cm³/mol. The van der Waals surface area contributed by atoms with E-state index in [-0.39, 0.29) is 0 Å². The van der Waals surface area contributed by atoms with Crippen molar-refractivity contribution in [3.63, 3.8) is 0 Å². The van der Waals surface area contributed by atoms with Gasteiger partial charge in [0.1, 0.15) is 0 Å². The van der Waals surface area contributed by atoms with Crippen LogP contribution in [-0.4, -0.2) is 19.1 Å². The Kier molecular flexibility index (Phi) is 7.48. The smallest absolute Gasteiger partial charge is 0.0208 e. The van der Waals surface area contributed by atoms with Crippen molar-refractivity contribution in [2.75, 3.05) is 13.1 Å². The normalized spacial score (nSPS) is 15.6. The van der Waals surface area contributed by atoms with E-state index in [1.54, 1.807) is 0 Å². The molecule has 2 aromatic rings. The lowest BCUT2D eigenvalue weighted by atomic mass is 10.0. The summed E-state index contributed by atoms with van der Waals surface area (Å²) in [6.45, 7) is 5.47. The average molecular weight is 349 g/mol. The van der Waals surface area contributed by atoms with Crippen LogP contribution < -0.4 is 10.6 Å². The number of rotatable bonds is 8. The Hall–Kier alpha value is -1.90. The van der Waals surface area contributed by atoms with Gasteiger partial charge >= 0.3 is 0 Å². The summed E-state index contributed by atoms with van der Waals surface area (Å²) in [7, 11) is 0. The van der Waals surface area contributed by atoms with E-state index in [9.17, 15) is 0 Å². The van der Waals surface area contributed by atoms with E-state index in [1.165, 1.54) is 54.4 Å². The molecular formula is C24H32N2. The largest absolute Gasteiger partial charge is 0.317 e. The topological polar surface area (TPSA) is 24.1 Å². The van der Waals surface area contributed by atoms with Gasteiger partial charge in [0.05, 0.1) is 0 Å². The Bertz CT molecular complexity index is 682. The maximum Gasteiger partial charge on any atom is 0.0208 e. The highest BCUT2D eigenvalue weighted by Gasteiger charge is 2.11. The first-order valence-electron chi connectivity index (χ1n) is 10.1. The van der Waals surface area contributed by atoms with Crippen LogP contribution >= 0.6 is 0 Å². The standard InChI is InChI=1S/C24H32N2/c1-2-3-5-20-8-10-21(11-9-20)12-13-22-6-4-7-23(18-22)19-26-24-14-16-25-17-15-24/h4,6-13,18,24-26H,2-3,5,14-17,19H2,1H3/b13-12+. The summed E-state index contributed by atoms with van der Waals surface area (Å²) >= 11 is 0. The molecular weight excluding hydrogens is 316 g/mol. The van der Waals surface area contributed by atoms with Crippen molar-refractivity contribution in [2.24, 2.45) is 0 Å². The first kappa shape index (κ1) is 18.9. The molecule has 0 amide bonds. The van der Waals surface area contributed by atoms with Crippen molar-refractivity contribution in [3.8, 4) is 0 Å². The zero-order chi connectivity index (χ0) is 18.0. The molecule has 0 saturated carbocycles. The molecule has 1 saturated heterocycles. The molecule has 0 spiro atoms. The molecule has 138 valence electrons. The minimum atomic E-state index is 0.654. The third-order valence-electron chi connectivity index (χ3n) is 5.15. The van der Waals surface area contributed by atoms with Gasteiger partial charge in [-0.25, -0.2) is 0 Å². The van der Waals surface area contributed by atoms with Crippen LogP contribution in [0.3, 0.4) is 0 Å². The third kappa shape index (κ3) is 6.12. The molecule has 2 heteroatoms. The summed E-state index contributed by atoms with van der Waals surface area (Å²) in [4.78, 5) is 0. The zero-order valence-electron chi connectivity index (χ0n) is 16.0. The number of nitrogens with one attached hydrogen (secondary N) is 2. The van der Waals surface area contributed by atoms with Crippen LogP contribution in [0.25, 0.3) is 12.2 Å². The maximum atomic E-state index is 3.70. The summed E-state index contributed by atoms with van der Waals surface area (Å²) in [6.07, 6.45) is 10.6. The van der Waals surface area contributed by atoms with Crippen molar-refractivity contribution in [3.05, 3.63) is 70.8 Å². The van der Waals surface area contributed by atoms with Gasteiger partial charge in [0.15, 0.2) is 0 Å². The zero-order valence-corrected chi connectivity index (χ0v) is 16.0. The second-order valence-electron chi connectivity index (χ2n) is 7.33. The summed E-state index contributed by atoms with van der Waals surface area (Å²) in [5.74, 6) is 0. The van der Waals surface area contributed by atoms with Gasteiger partial charge in [0, 0.05) is 12.6 Å². The van der Waals surface area contributed by atoms with Crippen LogP contribution in [0.15, 0.2) is 48.5 Å². The monoisotopic (exact) mass is 348 g/mol. The lowest BCUT2D eigenvalue weighted by Crippen LogP contribution is -2.39. The van der Waals surface area contributed by atoms with Crippen LogP contribution in [-0.2, 0) is 13.0 Å². The maximum absolute atomic E-state index is 3.70. The molecule has 0 atom stereocenters. The van der Waals surface area contributed by atoms with Gasteiger partial charge in [0.25, 0.3) is 0 Å². The Balaban J connectivity index is 1.54. The highest BCUT2D eigenvalue weighted by Crippen LogP contribution is 2.13. The van der Waals surface area contributed by atoms with Crippen LogP contribution in [0.5, 0.6) is 0 Å². The first-order valence-corrected chi connectivity index (χ1v) is 10.1. The fourth-order valence-electron chi connectivity index (χ4n) is 3.46. The Morgan fingerprint density at radius 3 is 2.50 bits per heavy atom. The molecule has 1 heterocycles. The number of hydrogen-bond donors (Lipinski definition) is 2. The molecule has 0 unspecified atom stereocenters. The molecule has 2 nitrogen and oxygen atoms in total. The van der Waals surface area contributed by atoms with Crippen LogP contribution in [0.1, 0.15) is 54.9 Å². The SMILES string of the molecule is CCCCc1ccc(/C=C/c2cccc(CNC3CCNCC3)c2)cc1. The highest BCUT2D eigenvalue weighted by atomic mass is 15.0. The summed E-state index contributed by atoms with van der Waals surface area (Å²) in [6, 6.07) is 18.5. The highest BCUT2D eigenvalue weighted by molar-refractivity contribution is 5.69. The Morgan fingerprint density at radius 2 is 1.73 bits per heavy atom. The molecule has 0 radical (unpaired) electrons. The second kappa shape index (κ2) is 10.3. The molecule has 3 rings (SSSR count). The summed E-state index contributed by atoms with van der Waals surface area (Å²) in [5.41, 5.74) is 5.34. The van der Waals surface area contributed by atoms with E-state index in [4.69, 9.17) is 0 Å². The minimum Gasteiger partial charge on any atom is -0.317 e. The van der Waals surface area contributed by atoms with E-state index in [0.29, 0.717) is 6.04 Å². The van der Waals surface area contributed by atoms with E-state index >= 15 is 0 Å². The fraction of sp³-hybridized carbons (Fsp3) is 0.417. The fourth-order valence-corrected chi connectivity index (χ4v) is 3.46. The van der Waals surface area contributed by atoms with E-state index in [1.807, 2.05) is 0 Å². The van der Waals surface area contributed by atoms with E-state index < -0.39 is 0 Å². The number of aryl methyl sites for hydroxylation is 1. The number of benzene rings is 2. The molecule has 0 bridgehead atoms. The lowest BCUT2D eigenvalue weighted by Gasteiger charge is -2.23. The van der Waals surface area contributed by atoms with Crippen LogP contribution in [0, 0.1) is 0 Å².